The zero-order valence-electron chi connectivity index (χ0n) is 10.6. The fourth-order valence-corrected chi connectivity index (χ4v) is 3.02. The molecule has 0 aromatic heterocycles. The molecular formula is C15H14BrClFNO. The molecule has 0 radical (unpaired) electrons. The highest BCUT2D eigenvalue weighted by atomic mass is 79.9. The number of hydrogen-bond donors (Lipinski definition) is 2. The van der Waals surface area contributed by atoms with Crippen LogP contribution in [0.2, 0.25) is 5.02 Å². The van der Waals surface area contributed by atoms with Gasteiger partial charge in [-0.25, -0.2) is 4.39 Å². The maximum Gasteiger partial charge on any atom is 0.124 e. The molecule has 0 bridgehead atoms. The fraction of sp³-hybridized carbons (Fsp3) is 0.200. The van der Waals surface area contributed by atoms with E-state index in [1.165, 1.54) is 12.1 Å². The van der Waals surface area contributed by atoms with Gasteiger partial charge in [-0.15, -0.1) is 0 Å². The van der Waals surface area contributed by atoms with E-state index in [0.29, 0.717) is 15.1 Å². The van der Waals surface area contributed by atoms with Crippen LogP contribution in [0.5, 0.6) is 0 Å². The van der Waals surface area contributed by atoms with Crippen LogP contribution in [0.1, 0.15) is 23.1 Å². The summed E-state index contributed by atoms with van der Waals surface area (Å²) < 4.78 is 13.6. The van der Waals surface area contributed by atoms with Gasteiger partial charge in [0.05, 0.1) is 6.10 Å². The Labute approximate surface area is 130 Å². The average Bonchev–Trinajstić information content (AvgIpc) is 2.41. The molecule has 0 saturated carbocycles. The number of aliphatic hydroxyl groups is 1. The van der Waals surface area contributed by atoms with Crippen LogP contribution in [-0.2, 0) is 0 Å². The van der Waals surface area contributed by atoms with Crippen LogP contribution in [-0.4, -0.2) is 11.7 Å². The van der Waals surface area contributed by atoms with Crippen molar-refractivity contribution in [1.82, 2.24) is 0 Å². The zero-order chi connectivity index (χ0) is 14.7. The van der Waals surface area contributed by atoms with Crippen LogP contribution in [0.15, 0.2) is 46.9 Å². The predicted octanol–water partition coefficient (Wildman–Crippen LogP) is 4.02. The second kappa shape index (κ2) is 6.68. The third kappa shape index (κ3) is 3.20. The molecule has 2 unspecified atom stereocenters. The van der Waals surface area contributed by atoms with E-state index < -0.39 is 6.10 Å². The van der Waals surface area contributed by atoms with E-state index in [1.54, 1.807) is 12.1 Å². The first kappa shape index (κ1) is 15.4. The molecule has 0 spiro atoms. The number of rotatable bonds is 4. The third-order valence-electron chi connectivity index (χ3n) is 3.22. The summed E-state index contributed by atoms with van der Waals surface area (Å²) in [6, 6.07) is 11.4. The van der Waals surface area contributed by atoms with Gasteiger partial charge < -0.3 is 10.8 Å². The van der Waals surface area contributed by atoms with Gasteiger partial charge >= 0.3 is 0 Å². The molecule has 2 rings (SSSR count). The van der Waals surface area contributed by atoms with Crippen LogP contribution in [0.3, 0.4) is 0 Å². The Bertz CT molecular complexity index is 608. The lowest BCUT2D eigenvalue weighted by Crippen LogP contribution is -2.20. The maximum atomic E-state index is 13.1. The Balaban J connectivity index is 2.39. The molecule has 2 aromatic rings. The Hall–Kier alpha value is -0.940. The summed E-state index contributed by atoms with van der Waals surface area (Å²) in [6.07, 6.45) is -0.866. The molecule has 3 N–H and O–H groups in total. The summed E-state index contributed by atoms with van der Waals surface area (Å²) in [6.45, 7) is 0.231. The normalized spacial score (nSPS) is 14.1. The molecule has 2 nitrogen and oxygen atoms in total. The van der Waals surface area contributed by atoms with Crippen molar-refractivity contribution >= 4 is 27.5 Å². The zero-order valence-corrected chi connectivity index (χ0v) is 12.9. The number of nitrogens with two attached hydrogens (primary N) is 1. The molecule has 0 saturated heterocycles. The van der Waals surface area contributed by atoms with E-state index in [2.05, 4.69) is 15.9 Å². The van der Waals surface area contributed by atoms with Crippen LogP contribution in [0, 0.1) is 5.82 Å². The van der Waals surface area contributed by atoms with Gasteiger partial charge in [0.1, 0.15) is 5.82 Å². The smallest absolute Gasteiger partial charge is 0.124 e. The fourth-order valence-electron chi connectivity index (χ4n) is 2.16. The third-order valence-corrected chi connectivity index (χ3v) is 4.25. The SMILES string of the molecule is NCC(c1ccccc1Cl)C(O)c1ccc(F)cc1Br. The Morgan fingerprint density at radius 3 is 2.50 bits per heavy atom. The number of halogens is 3. The Kier molecular flexibility index (Phi) is 5.16. The lowest BCUT2D eigenvalue weighted by molar-refractivity contribution is 0.146. The molecule has 5 heteroatoms. The molecule has 20 heavy (non-hydrogen) atoms. The predicted molar refractivity (Wildman–Crippen MR) is 82.3 cm³/mol. The standard InChI is InChI=1S/C15H14BrClFNO/c16-13-7-9(18)5-6-11(13)15(20)12(8-19)10-3-1-2-4-14(10)17/h1-7,12,15,20H,8,19H2. The molecular weight excluding hydrogens is 345 g/mol. The van der Waals surface area contributed by atoms with Gasteiger partial charge in [-0.3, -0.25) is 0 Å². The average molecular weight is 359 g/mol. The monoisotopic (exact) mass is 357 g/mol. The molecule has 0 aliphatic carbocycles. The molecule has 2 aromatic carbocycles. The van der Waals surface area contributed by atoms with Crippen LogP contribution < -0.4 is 5.73 Å². The first-order valence-corrected chi connectivity index (χ1v) is 7.29. The van der Waals surface area contributed by atoms with Crippen molar-refractivity contribution in [3.05, 3.63) is 68.9 Å². The topological polar surface area (TPSA) is 46.2 Å². The molecule has 2 atom stereocenters. The first-order chi connectivity index (χ1) is 9.54. The summed E-state index contributed by atoms with van der Waals surface area (Å²) in [5, 5.41) is 11.1. The number of benzene rings is 2. The van der Waals surface area contributed by atoms with Crippen molar-refractivity contribution in [2.75, 3.05) is 6.54 Å². The van der Waals surface area contributed by atoms with E-state index in [-0.39, 0.29) is 18.3 Å². The van der Waals surface area contributed by atoms with E-state index in [1.807, 2.05) is 18.2 Å². The Morgan fingerprint density at radius 2 is 1.90 bits per heavy atom. The molecule has 0 amide bonds. The summed E-state index contributed by atoms with van der Waals surface area (Å²) in [5.74, 6) is -0.722. The summed E-state index contributed by atoms with van der Waals surface area (Å²) >= 11 is 9.42. The summed E-state index contributed by atoms with van der Waals surface area (Å²) in [7, 11) is 0. The maximum absolute atomic E-state index is 13.1. The summed E-state index contributed by atoms with van der Waals surface area (Å²) in [4.78, 5) is 0. The number of hydrogen-bond acceptors (Lipinski definition) is 2. The van der Waals surface area contributed by atoms with Gasteiger partial charge in [-0.2, -0.15) is 0 Å². The molecule has 0 heterocycles. The highest BCUT2D eigenvalue weighted by Gasteiger charge is 2.25. The van der Waals surface area contributed by atoms with Crippen LogP contribution in [0.25, 0.3) is 0 Å². The second-order valence-corrected chi connectivity index (χ2v) is 5.74. The summed E-state index contributed by atoms with van der Waals surface area (Å²) in [5.41, 5.74) is 7.15. The second-order valence-electron chi connectivity index (χ2n) is 4.47. The van der Waals surface area contributed by atoms with E-state index in [9.17, 15) is 9.50 Å². The minimum Gasteiger partial charge on any atom is -0.388 e. The van der Waals surface area contributed by atoms with Gasteiger partial charge in [0.2, 0.25) is 0 Å². The number of aliphatic hydroxyl groups excluding tert-OH is 1. The van der Waals surface area contributed by atoms with Gasteiger partial charge in [0, 0.05) is 22.0 Å². The van der Waals surface area contributed by atoms with E-state index in [0.717, 1.165) is 5.56 Å². The highest BCUT2D eigenvalue weighted by molar-refractivity contribution is 9.10. The van der Waals surface area contributed by atoms with Crippen molar-refractivity contribution in [3.63, 3.8) is 0 Å². The van der Waals surface area contributed by atoms with Gasteiger partial charge in [0.25, 0.3) is 0 Å². The molecule has 106 valence electrons. The van der Waals surface area contributed by atoms with E-state index in [4.69, 9.17) is 17.3 Å². The van der Waals surface area contributed by atoms with E-state index >= 15 is 0 Å². The van der Waals surface area contributed by atoms with Crippen molar-refractivity contribution < 1.29 is 9.50 Å². The van der Waals surface area contributed by atoms with Crippen LogP contribution in [0.4, 0.5) is 4.39 Å². The van der Waals surface area contributed by atoms with Crippen LogP contribution >= 0.6 is 27.5 Å². The molecule has 0 fully saturated rings. The largest absolute Gasteiger partial charge is 0.388 e. The quantitative estimate of drug-likeness (QED) is 0.867. The highest BCUT2D eigenvalue weighted by Crippen LogP contribution is 2.36. The molecule has 0 aliphatic rings. The Morgan fingerprint density at radius 1 is 1.20 bits per heavy atom. The van der Waals surface area contributed by atoms with Crippen molar-refractivity contribution in [2.24, 2.45) is 5.73 Å². The minimum atomic E-state index is -0.866. The minimum absolute atomic E-state index is 0.231. The van der Waals surface area contributed by atoms with Crippen molar-refractivity contribution in [2.45, 2.75) is 12.0 Å². The van der Waals surface area contributed by atoms with Crippen molar-refractivity contribution in [3.8, 4) is 0 Å². The lowest BCUT2D eigenvalue weighted by atomic mass is 9.89. The van der Waals surface area contributed by atoms with Gasteiger partial charge in [0.15, 0.2) is 0 Å². The van der Waals surface area contributed by atoms with Gasteiger partial charge in [-0.1, -0.05) is 51.8 Å². The van der Waals surface area contributed by atoms with Crippen molar-refractivity contribution in [1.29, 1.82) is 0 Å². The molecule has 0 aliphatic heterocycles. The first-order valence-electron chi connectivity index (χ1n) is 6.12. The lowest BCUT2D eigenvalue weighted by Gasteiger charge is -2.24. The van der Waals surface area contributed by atoms with Gasteiger partial charge in [-0.05, 0) is 29.3 Å².